The first-order valence-electron chi connectivity index (χ1n) is 6.67. The maximum atomic E-state index is 11.5. The molecule has 21 heavy (non-hydrogen) atoms. The van der Waals surface area contributed by atoms with Crippen LogP contribution in [0.5, 0.6) is 5.75 Å². The molecular weight excluding hydrogens is 284 g/mol. The second-order valence-corrected chi connectivity index (χ2v) is 6.09. The Labute approximate surface area is 129 Å². The molecule has 2 aromatic rings. The molecule has 0 aromatic heterocycles. The van der Waals surface area contributed by atoms with Crippen molar-refractivity contribution in [2.24, 2.45) is 0 Å². The highest BCUT2D eigenvalue weighted by molar-refractivity contribution is 8.00. The molecule has 0 spiro atoms. The van der Waals surface area contributed by atoms with Gasteiger partial charge in [0.05, 0.1) is 7.11 Å². The van der Waals surface area contributed by atoms with Gasteiger partial charge in [-0.2, -0.15) is 0 Å². The Morgan fingerprint density at radius 3 is 2.29 bits per heavy atom. The number of benzene rings is 2. The average molecular weight is 302 g/mol. The van der Waals surface area contributed by atoms with Crippen molar-refractivity contribution in [3.8, 4) is 5.75 Å². The molecule has 110 valence electrons. The lowest BCUT2D eigenvalue weighted by Crippen LogP contribution is -2.19. The molecule has 0 aliphatic heterocycles. The van der Waals surface area contributed by atoms with Crippen LogP contribution in [-0.4, -0.2) is 23.4 Å². The Hall–Kier alpha value is -1.94. The van der Waals surface area contributed by atoms with E-state index in [1.165, 1.54) is 17.3 Å². The van der Waals surface area contributed by atoms with E-state index in [0.717, 1.165) is 16.2 Å². The number of carboxylic acids is 1. The largest absolute Gasteiger partial charge is 0.497 e. The van der Waals surface area contributed by atoms with Gasteiger partial charge in [-0.1, -0.05) is 29.8 Å². The molecule has 0 radical (unpaired) electrons. The number of hydrogen-bond donors (Lipinski definition) is 1. The number of methoxy groups -OCH3 is 1. The van der Waals surface area contributed by atoms with E-state index < -0.39 is 11.2 Å². The van der Waals surface area contributed by atoms with Gasteiger partial charge >= 0.3 is 5.97 Å². The molecule has 0 heterocycles. The molecule has 0 fully saturated rings. The lowest BCUT2D eigenvalue weighted by Gasteiger charge is -2.12. The summed E-state index contributed by atoms with van der Waals surface area (Å²) in [6, 6.07) is 15.4. The van der Waals surface area contributed by atoms with Crippen LogP contribution in [0.15, 0.2) is 53.4 Å². The molecule has 0 aliphatic carbocycles. The van der Waals surface area contributed by atoms with Crippen molar-refractivity contribution in [1.29, 1.82) is 0 Å². The van der Waals surface area contributed by atoms with Gasteiger partial charge in [-0.25, -0.2) is 0 Å². The van der Waals surface area contributed by atoms with Crippen molar-refractivity contribution >= 4 is 17.7 Å². The summed E-state index contributed by atoms with van der Waals surface area (Å²) in [4.78, 5) is 12.4. The third-order valence-corrected chi connectivity index (χ3v) is 4.35. The number of carbonyl (C=O) groups is 1. The lowest BCUT2D eigenvalue weighted by atomic mass is 10.1. The molecule has 0 bridgehead atoms. The predicted molar refractivity (Wildman–Crippen MR) is 85.2 cm³/mol. The fourth-order valence-corrected chi connectivity index (χ4v) is 2.93. The Balaban J connectivity index is 2.07. The van der Waals surface area contributed by atoms with Crippen LogP contribution in [0, 0.1) is 6.92 Å². The highest BCUT2D eigenvalue weighted by atomic mass is 32.2. The first-order valence-corrected chi connectivity index (χ1v) is 7.55. The number of hydrogen-bond acceptors (Lipinski definition) is 3. The molecule has 0 saturated carbocycles. The Morgan fingerprint density at radius 2 is 1.76 bits per heavy atom. The SMILES string of the molecule is COc1ccc(CC(Sc2ccc(C)cc2)C(=O)O)cc1. The van der Waals surface area contributed by atoms with Crippen LogP contribution in [0.2, 0.25) is 0 Å². The van der Waals surface area contributed by atoms with E-state index in [1.54, 1.807) is 7.11 Å². The third-order valence-electron chi connectivity index (χ3n) is 3.15. The van der Waals surface area contributed by atoms with Crippen molar-refractivity contribution in [3.63, 3.8) is 0 Å². The van der Waals surface area contributed by atoms with Crippen molar-refractivity contribution in [1.82, 2.24) is 0 Å². The number of thioether (sulfide) groups is 1. The van der Waals surface area contributed by atoms with Crippen LogP contribution >= 0.6 is 11.8 Å². The Kier molecular flexibility index (Phi) is 5.28. The number of carboxylic acid groups (broad SMARTS) is 1. The molecular formula is C17H18O3S. The minimum Gasteiger partial charge on any atom is -0.497 e. The summed E-state index contributed by atoms with van der Waals surface area (Å²) in [6.07, 6.45) is 0.484. The minimum atomic E-state index is -0.795. The van der Waals surface area contributed by atoms with Gasteiger partial charge in [-0.05, 0) is 43.2 Å². The molecule has 2 rings (SSSR count). The fourth-order valence-electron chi connectivity index (χ4n) is 1.94. The fraction of sp³-hybridized carbons (Fsp3) is 0.235. The standard InChI is InChI=1S/C17H18O3S/c1-12-3-9-15(10-4-12)21-16(17(18)19)11-13-5-7-14(20-2)8-6-13/h3-10,16H,11H2,1-2H3,(H,18,19). The van der Waals surface area contributed by atoms with Crippen molar-refractivity contribution in [3.05, 3.63) is 59.7 Å². The topological polar surface area (TPSA) is 46.5 Å². The first kappa shape index (κ1) is 15.4. The van der Waals surface area contributed by atoms with Gasteiger partial charge in [0.2, 0.25) is 0 Å². The van der Waals surface area contributed by atoms with Gasteiger partial charge < -0.3 is 9.84 Å². The van der Waals surface area contributed by atoms with Crippen LogP contribution in [0.1, 0.15) is 11.1 Å². The number of aryl methyl sites for hydroxylation is 1. The zero-order chi connectivity index (χ0) is 15.2. The normalized spacial score (nSPS) is 11.9. The van der Waals surface area contributed by atoms with Crippen molar-refractivity contribution < 1.29 is 14.6 Å². The summed E-state index contributed by atoms with van der Waals surface area (Å²) in [5.41, 5.74) is 2.16. The summed E-state index contributed by atoms with van der Waals surface area (Å²) in [5, 5.41) is 8.91. The highest BCUT2D eigenvalue weighted by Gasteiger charge is 2.19. The molecule has 1 N–H and O–H groups in total. The number of ether oxygens (including phenoxy) is 1. The molecule has 0 aliphatic rings. The summed E-state index contributed by atoms with van der Waals surface area (Å²) in [6.45, 7) is 2.01. The monoisotopic (exact) mass is 302 g/mol. The third kappa shape index (κ3) is 4.53. The maximum absolute atomic E-state index is 11.5. The second-order valence-electron chi connectivity index (χ2n) is 4.81. The van der Waals surface area contributed by atoms with Crippen LogP contribution in [-0.2, 0) is 11.2 Å². The number of rotatable bonds is 6. The smallest absolute Gasteiger partial charge is 0.317 e. The molecule has 2 aromatic carbocycles. The molecule has 4 heteroatoms. The van der Waals surface area contributed by atoms with Gasteiger partial charge in [0.25, 0.3) is 0 Å². The molecule has 3 nitrogen and oxygen atoms in total. The summed E-state index contributed by atoms with van der Waals surface area (Å²) in [5.74, 6) is -0.0202. The van der Waals surface area contributed by atoms with E-state index in [4.69, 9.17) is 4.74 Å². The van der Waals surface area contributed by atoms with Crippen LogP contribution < -0.4 is 4.74 Å². The number of aliphatic carboxylic acids is 1. The average Bonchev–Trinajstić information content (AvgIpc) is 2.49. The molecule has 1 atom stereocenters. The summed E-state index contributed by atoms with van der Waals surface area (Å²) in [7, 11) is 1.61. The van der Waals surface area contributed by atoms with E-state index >= 15 is 0 Å². The maximum Gasteiger partial charge on any atom is 0.317 e. The van der Waals surface area contributed by atoms with Crippen LogP contribution in [0.25, 0.3) is 0 Å². The summed E-state index contributed by atoms with van der Waals surface area (Å²) < 4.78 is 5.11. The van der Waals surface area contributed by atoms with E-state index in [9.17, 15) is 9.90 Å². The lowest BCUT2D eigenvalue weighted by molar-refractivity contribution is -0.136. The Morgan fingerprint density at radius 1 is 1.14 bits per heavy atom. The van der Waals surface area contributed by atoms with Gasteiger partial charge in [0.15, 0.2) is 0 Å². The molecule has 0 amide bonds. The van der Waals surface area contributed by atoms with Crippen molar-refractivity contribution in [2.45, 2.75) is 23.5 Å². The zero-order valence-electron chi connectivity index (χ0n) is 12.1. The highest BCUT2D eigenvalue weighted by Crippen LogP contribution is 2.27. The van der Waals surface area contributed by atoms with E-state index in [0.29, 0.717) is 6.42 Å². The van der Waals surface area contributed by atoms with E-state index in [-0.39, 0.29) is 0 Å². The quantitative estimate of drug-likeness (QED) is 0.825. The zero-order valence-corrected chi connectivity index (χ0v) is 12.9. The van der Waals surface area contributed by atoms with Gasteiger partial charge in [0, 0.05) is 4.90 Å². The van der Waals surface area contributed by atoms with Crippen LogP contribution in [0.4, 0.5) is 0 Å². The van der Waals surface area contributed by atoms with Crippen LogP contribution in [0.3, 0.4) is 0 Å². The first-order chi connectivity index (χ1) is 10.1. The Bertz CT molecular complexity index is 590. The van der Waals surface area contributed by atoms with Gasteiger partial charge in [-0.3, -0.25) is 4.79 Å². The molecule has 0 saturated heterocycles. The predicted octanol–water partition coefficient (Wildman–Crippen LogP) is 3.79. The summed E-state index contributed by atoms with van der Waals surface area (Å²) >= 11 is 1.38. The molecule has 1 unspecified atom stereocenters. The van der Waals surface area contributed by atoms with Gasteiger partial charge in [-0.15, -0.1) is 11.8 Å². The van der Waals surface area contributed by atoms with Gasteiger partial charge in [0.1, 0.15) is 11.0 Å². The van der Waals surface area contributed by atoms with E-state index in [2.05, 4.69) is 0 Å². The van der Waals surface area contributed by atoms with E-state index in [1.807, 2.05) is 55.5 Å². The minimum absolute atomic E-state index is 0.484. The van der Waals surface area contributed by atoms with Crippen molar-refractivity contribution in [2.75, 3.05) is 7.11 Å². The second kappa shape index (κ2) is 7.18.